The molecular weight excluding hydrogens is 359 g/mol. The van der Waals surface area contributed by atoms with Crippen molar-refractivity contribution in [2.24, 2.45) is 7.05 Å². The highest BCUT2D eigenvalue weighted by Gasteiger charge is 2.06. The van der Waals surface area contributed by atoms with E-state index >= 15 is 0 Å². The molecule has 2 aromatic rings. The number of halogens is 2. The second-order valence-corrected chi connectivity index (χ2v) is 5.00. The Hall–Kier alpha value is -0.430. The van der Waals surface area contributed by atoms with Crippen LogP contribution in [-0.2, 0) is 7.05 Å². The molecule has 2 rings (SSSR count). The molecule has 14 heavy (non-hydrogen) atoms. The van der Waals surface area contributed by atoms with Crippen LogP contribution in [0.25, 0.3) is 10.8 Å². The zero-order chi connectivity index (χ0) is 10.3. The Morgan fingerprint density at radius 1 is 1.50 bits per heavy atom. The van der Waals surface area contributed by atoms with Gasteiger partial charge in [-0.25, -0.2) is 4.68 Å². The van der Waals surface area contributed by atoms with Gasteiger partial charge in [0, 0.05) is 20.5 Å². The van der Waals surface area contributed by atoms with Crippen molar-refractivity contribution >= 4 is 49.3 Å². The molecule has 5 heteroatoms. The standard InChI is InChI=1S/C9H6BrIN2O/c1-13-9(14)8-5(4-12-13)2-6(10)3-7(8)11/h2-4H,1H3. The zero-order valence-corrected chi connectivity index (χ0v) is 11.0. The van der Waals surface area contributed by atoms with Crippen molar-refractivity contribution in [1.82, 2.24) is 9.78 Å². The van der Waals surface area contributed by atoms with Gasteiger partial charge in [-0.15, -0.1) is 0 Å². The molecule has 0 aliphatic carbocycles. The van der Waals surface area contributed by atoms with Crippen LogP contribution in [0.4, 0.5) is 0 Å². The average Bonchev–Trinajstić information content (AvgIpc) is 2.10. The van der Waals surface area contributed by atoms with Gasteiger partial charge in [-0.2, -0.15) is 5.10 Å². The summed E-state index contributed by atoms with van der Waals surface area (Å²) in [5.74, 6) is 0. The summed E-state index contributed by atoms with van der Waals surface area (Å²) in [5, 5.41) is 5.56. The number of hydrogen-bond donors (Lipinski definition) is 0. The van der Waals surface area contributed by atoms with Crippen LogP contribution in [0.2, 0.25) is 0 Å². The molecule has 1 heterocycles. The van der Waals surface area contributed by atoms with E-state index in [2.05, 4.69) is 43.6 Å². The van der Waals surface area contributed by atoms with Gasteiger partial charge in [-0.05, 0) is 34.7 Å². The third kappa shape index (κ3) is 1.58. The second kappa shape index (κ2) is 3.62. The lowest BCUT2D eigenvalue weighted by Crippen LogP contribution is -2.19. The molecular formula is C9H6BrIN2O. The monoisotopic (exact) mass is 364 g/mol. The number of aryl methyl sites for hydroxylation is 1. The predicted molar refractivity (Wildman–Crippen MR) is 67.4 cm³/mol. The van der Waals surface area contributed by atoms with Crippen LogP contribution in [-0.4, -0.2) is 9.78 Å². The van der Waals surface area contributed by atoms with E-state index in [9.17, 15) is 4.79 Å². The summed E-state index contributed by atoms with van der Waals surface area (Å²) in [5.41, 5.74) is -0.0561. The third-order valence-corrected chi connectivity index (χ3v) is 3.27. The number of benzene rings is 1. The lowest BCUT2D eigenvalue weighted by Gasteiger charge is -2.02. The highest BCUT2D eigenvalue weighted by molar-refractivity contribution is 14.1. The second-order valence-electron chi connectivity index (χ2n) is 2.93. The van der Waals surface area contributed by atoms with E-state index < -0.39 is 0 Å². The molecule has 3 nitrogen and oxygen atoms in total. The number of hydrogen-bond acceptors (Lipinski definition) is 2. The number of aromatic nitrogens is 2. The molecule has 0 atom stereocenters. The van der Waals surface area contributed by atoms with E-state index in [0.29, 0.717) is 0 Å². The van der Waals surface area contributed by atoms with Gasteiger partial charge in [0.05, 0.1) is 11.6 Å². The van der Waals surface area contributed by atoms with Crippen molar-refractivity contribution in [3.05, 3.63) is 36.7 Å². The van der Waals surface area contributed by atoms with Gasteiger partial charge < -0.3 is 0 Å². The minimum absolute atomic E-state index is 0.0561. The minimum Gasteiger partial charge on any atom is -0.267 e. The quantitative estimate of drug-likeness (QED) is 0.672. The first-order valence-corrected chi connectivity index (χ1v) is 5.78. The predicted octanol–water partition coefficient (Wildman–Crippen LogP) is 2.30. The SMILES string of the molecule is Cn1ncc2cc(Br)cc(I)c2c1=O. The molecule has 0 unspecified atom stereocenters. The van der Waals surface area contributed by atoms with Crippen molar-refractivity contribution < 1.29 is 0 Å². The molecule has 0 amide bonds. The van der Waals surface area contributed by atoms with Crippen LogP contribution >= 0.6 is 38.5 Å². The van der Waals surface area contributed by atoms with E-state index in [1.165, 1.54) is 4.68 Å². The van der Waals surface area contributed by atoms with Crippen molar-refractivity contribution in [2.75, 3.05) is 0 Å². The van der Waals surface area contributed by atoms with Gasteiger partial charge in [0.25, 0.3) is 5.56 Å². The Morgan fingerprint density at radius 3 is 2.93 bits per heavy atom. The smallest absolute Gasteiger partial charge is 0.267 e. The van der Waals surface area contributed by atoms with Gasteiger partial charge in [-0.3, -0.25) is 4.79 Å². The maximum atomic E-state index is 11.7. The topological polar surface area (TPSA) is 34.9 Å². The maximum Gasteiger partial charge on any atom is 0.275 e. The summed E-state index contributed by atoms with van der Waals surface area (Å²) < 4.78 is 3.25. The van der Waals surface area contributed by atoms with Crippen molar-refractivity contribution in [2.45, 2.75) is 0 Å². The molecule has 0 aliphatic heterocycles. The zero-order valence-electron chi connectivity index (χ0n) is 7.29. The first-order chi connectivity index (χ1) is 6.59. The highest BCUT2D eigenvalue weighted by atomic mass is 127. The molecule has 0 saturated carbocycles. The molecule has 72 valence electrons. The average molecular weight is 365 g/mol. The Balaban J connectivity index is 3.03. The lowest BCUT2D eigenvalue weighted by atomic mass is 10.2. The fourth-order valence-corrected chi connectivity index (χ4v) is 3.07. The molecule has 1 aromatic carbocycles. The molecule has 0 saturated heterocycles. The Morgan fingerprint density at radius 2 is 2.21 bits per heavy atom. The Kier molecular flexibility index (Phi) is 2.61. The van der Waals surface area contributed by atoms with Crippen LogP contribution < -0.4 is 5.56 Å². The maximum absolute atomic E-state index is 11.7. The van der Waals surface area contributed by atoms with E-state index in [1.54, 1.807) is 13.2 Å². The number of fused-ring (bicyclic) bond motifs is 1. The van der Waals surface area contributed by atoms with E-state index in [-0.39, 0.29) is 5.56 Å². The third-order valence-electron chi connectivity index (χ3n) is 1.96. The fourth-order valence-electron chi connectivity index (χ4n) is 1.28. The highest BCUT2D eigenvalue weighted by Crippen LogP contribution is 2.22. The summed E-state index contributed by atoms with van der Waals surface area (Å²) >= 11 is 5.54. The minimum atomic E-state index is -0.0561. The van der Waals surface area contributed by atoms with E-state index in [4.69, 9.17) is 0 Å². The van der Waals surface area contributed by atoms with Gasteiger partial charge in [-0.1, -0.05) is 15.9 Å². The van der Waals surface area contributed by atoms with Gasteiger partial charge in [0.15, 0.2) is 0 Å². The fraction of sp³-hybridized carbons (Fsp3) is 0.111. The molecule has 0 aliphatic rings. The Labute approximate surface area is 102 Å². The summed E-state index contributed by atoms with van der Waals surface area (Å²) in [6.45, 7) is 0. The lowest BCUT2D eigenvalue weighted by molar-refractivity contribution is 0.718. The van der Waals surface area contributed by atoms with Crippen molar-refractivity contribution in [3.63, 3.8) is 0 Å². The molecule has 0 spiro atoms. The van der Waals surface area contributed by atoms with Crippen LogP contribution in [0, 0.1) is 3.57 Å². The van der Waals surface area contributed by atoms with Crippen LogP contribution in [0.15, 0.2) is 27.6 Å². The van der Waals surface area contributed by atoms with Gasteiger partial charge >= 0.3 is 0 Å². The normalized spacial score (nSPS) is 10.8. The molecule has 0 N–H and O–H groups in total. The molecule has 0 radical (unpaired) electrons. The molecule has 0 fully saturated rings. The number of rotatable bonds is 0. The largest absolute Gasteiger partial charge is 0.275 e. The summed E-state index contributed by atoms with van der Waals surface area (Å²) in [7, 11) is 1.65. The van der Waals surface area contributed by atoms with Gasteiger partial charge in [0.2, 0.25) is 0 Å². The van der Waals surface area contributed by atoms with Crippen molar-refractivity contribution in [3.8, 4) is 0 Å². The Bertz CT molecular complexity index is 564. The number of nitrogens with zero attached hydrogens (tertiary/aromatic N) is 2. The van der Waals surface area contributed by atoms with E-state index in [1.807, 2.05) is 12.1 Å². The molecule has 1 aromatic heterocycles. The van der Waals surface area contributed by atoms with Crippen LogP contribution in [0.3, 0.4) is 0 Å². The summed E-state index contributed by atoms with van der Waals surface area (Å²) in [6, 6.07) is 3.82. The van der Waals surface area contributed by atoms with Crippen molar-refractivity contribution in [1.29, 1.82) is 0 Å². The van der Waals surface area contributed by atoms with Crippen LogP contribution in [0.1, 0.15) is 0 Å². The van der Waals surface area contributed by atoms with Crippen LogP contribution in [0.5, 0.6) is 0 Å². The molecule has 0 bridgehead atoms. The van der Waals surface area contributed by atoms with Gasteiger partial charge in [0.1, 0.15) is 0 Å². The van der Waals surface area contributed by atoms with E-state index in [0.717, 1.165) is 18.8 Å². The first kappa shape index (κ1) is 10.1. The first-order valence-electron chi connectivity index (χ1n) is 3.90. The summed E-state index contributed by atoms with van der Waals surface area (Å²) in [6.07, 6.45) is 1.70. The summed E-state index contributed by atoms with van der Waals surface area (Å²) in [4.78, 5) is 11.7.